The first-order valence-electron chi connectivity index (χ1n) is 40.0. The number of carbonyl (C=O) groups excluding carboxylic acids is 6. The molecule has 0 unspecified atom stereocenters. The predicted octanol–water partition coefficient (Wildman–Crippen LogP) is 8.72. The number of nitrogens with zero attached hydrogens (tertiary/aromatic N) is 6. The van der Waals surface area contributed by atoms with Crippen molar-refractivity contribution in [3.63, 3.8) is 0 Å². The molecule has 6 amide bonds. The third-order valence-electron chi connectivity index (χ3n) is 18.3. The van der Waals surface area contributed by atoms with E-state index in [4.69, 9.17) is 37.9 Å². The molecule has 0 spiro atoms. The van der Waals surface area contributed by atoms with Crippen molar-refractivity contribution < 1.29 is 75.8 Å². The Hall–Kier alpha value is -8.08. The molecule has 0 aliphatic heterocycles. The Morgan fingerprint density at radius 3 is 0.818 bits per heavy atom. The van der Waals surface area contributed by atoms with Gasteiger partial charge < -0.3 is 89.4 Å². The summed E-state index contributed by atoms with van der Waals surface area (Å²) in [7, 11) is 18.2. The number of aryl methyl sites for hydroxylation is 2. The molecule has 0 saturated carbocycles. The number of ether oxygens (including phenoxy) is 8. The van der Waals surface area contributed by atoms with Crippen molar-refractivity contribution in [1.82, 2.24) is 31.9 Å². The fraction of sp³-hybridized carbons (Fsp3) is 0.619. The van der Waals surface area contributed by atoms with Crippen LogP contribution in [-0.2, 0) is 79.8 Å². The molecule has 0 saturated heterocycles. The maximum atomic E-state index is 12.5. The van der Waals surface area contributed by atoms with Gasteiger partial charge in [-0.05, 0) is 131 Å². The number of carbonyl (C=O) groups is 6. The summed E-state index contributed by atoms with van der Waals surface area (Å²) in [5, 5.41) is 22.0. The molecule has 2 aromatic heterocycles. The number of rotatable bonds is 60. The lowest BCUT2D eigenvalue weighted by Gasteiger charge is -2.15. The van der Waals surface area contributed by atoms with Crippen molar-refractivity contribution in [3.8, 4) is 0 Å². The first-order chi connectivity index (χ1) is 53.4. The highest BCUT2D eigenvalue weighted by atomic mass is 16.6. The van der Waals surface area contributed by atoms with Crippen molar-refractivity contribution in [3.05, 3.63) is 84.9 Å². The standard InChI is InChI=1S/C45H72N6O8.C39H60N6O6/c1-6-24-55-28-31-58-27-22-48-45(54)15-10-14-44(53)47-21-12-26-57-30-33-59-32-29-56-25-11-20-46-43(52)13-8-7-9-23-51-41-35-39(49(2)3)18-16-37(41)34-38-17-19-40(50(4)5)36-42(38)51;1-40-37(46)13-9-14-39(48)42-20-11-23-50-25-27-51-26-24-49-22-10-19-41-38(47)12-7-6-8-21-45-35-29-33(43(2)3)17-15-31(35)28-32-16-18-34(44(4)5)30-36(32)45/h16-19,34-36H,6-15,20-33H2,1-5H3,(H2-,46,47,48,52,53,54);15-18,28-30H,6-14,19-27H2,1-5H3,(H2-,40,41,42,46,47,48)/p+2. The molecule has 110 heavy (non-hydrogen) atoms. The fourth-order valence-corrected chi connectivity index (χ4v) is 12.0. The van der Waals surface area contributed by atoms with E-state index in [1.807, 2.05) is 0 Å². The van der Waals surface area contributed by atoms with Gasteiger partial charge in [-0.15, -0.1) is 0 Å². The van der Waals surface area contributed by atoms with Crippen LogP contribution in [0.4, 0.5) is 22.7 Å². The molecule has 612 valence electrons. The SMILES string of the molecule is CCCOCCOCCNC(=O)CCCC(=O)NCCCOCCOCCOCCCNC(=O)CCCCC[n+]1c2cc(N(C)C)ccc2cc2ccc(N(C)C)cc21.CNC(=O)CCCC(=O)NCCCOCCOCCOCCCNC(=O)CCCCC[n+]1c2cc(N(C)C)ccc2cc2ccc(N(C)C)cc21. The number of hydrogen-bond donors (Lipinski definition) is 6. The van der Waals surface area contributed by atoms with Gasteiger partial charge in [0.05, 0.1) is 72.7 Å². The Bertz CT molecular complexity index is 3500. The van der Waals surface area contributed by atoms with Gasteiger partial charge in [-0.2, -0.15) is 9.13 Å². The molecule has 6 rings (SSSR count). The van der Waals surface area contributed by atoms with E-state index in [1.54, 1.807) is 7.05 Å². The summed E-state index contributed by atoms with van der Waals surface area (Å²) in [5.74, 6) is -0.0638. The molecular weight excluding hydrogens is 1400 g/mol. The van der Waals surface area contributed by atoms with Crippen LogP contribution in [0.1, 0.15) is 129 Å². The largest absolute Gasteiger partial charge is 0.379 e. The number of pyridine rings is 2. The van der Waals surface area contributed by atoms with E-state index in [0.29, 0.717) is 190 Å². The van der Waals surface area contributed by atoms with Gasteiger partial charge in [0.15, 0.2) is 0 Å². The lowest BCUT2D eigenvalue weighted by molar-refractivity contribution is -0.646. The Morgan fingerprint density at radius 2 is 0.536 bits per heavy atom. The van der Waals surface area contributed by atoms with Crippen LogP contribution in [0.15, 0.2) is 84.9 Å². The third-order valence-corrected chi connectivity index (χ3v) is 18.3. The average molecular weight is 1540 g/mol. The van der Waals surface area contributed by atoms with Gasteiger partial charge in [-0.3, -0.25) is 28.8 Å². The van der Waals surface area contributed by atoms with Crippen molar-refractivity contribution >= 4 is 102 Å². The summed E-state index contributed by atoms with van der Waals surface area (Å²) < 4.78 is 49.1. The molecule has 2 heterocycles. The van der Waals surface area contributed by atoms with Crippen LogP contribution < -0.4 is 60.6 Å². The molecule has 0 radical (unpaired) electrons. The van der Waals surface area contributed by atoms with E-state index >= 15 is 0 Å². The van der Waals surface area contributed by atoms with E-state index in [0.717, 1.165) is 83.9 Å². The molecule has 0 aliphatic rings. The van der Waals surface area contributed by atoms with Gasteiger partial charge in [0.1, 0.15) is 13.1 Å². The molecule has 6 aromatic rings. The predicted molar refractivity (Wildman–Crippen MR) is 440 cm³/mol. The minimum Gasteiger partial charge on any atom is -0.379 e. The van der Waals surface area contributed by atoms with Crippen LogP contribution in [0.25, 0.3) is 43.6 Å². The number of unbranched alkanes of at least 4 members (excludes halogenated alkanes) is 4. The van der Waals surface area contributed by atoms with Gasteiger partial charge >= 0.3 is 0 Å². The number of anilines is 4. The van der Waals surface area contributed by atoms with Gasteiger partial charge in [-0.1, -0.05) is 6.92 Å². The van der Waals surface area contributed by atoms with Crippen LogP contribution in [0.3, 0.4) is 0 Å². The summed E-state index contributed by atoms with van der Waals surface area (Å²) in [6.45, 7) is 14.9. The van der Waals surface area contributed by atoms with E-state index in [2.05, 4.69) is 209 Å². The lowest BCUT2D eigenvalue weighted by atomic mass is 10.1. The molecule has 0 bridgehead atoms. The highest BCUT2D eigenvalue weighted by Gasteiger charge is 2.21. The first-order valence-corrected chi connectivity index (χ1v) is 40.0. The zero-order valence-electron chi connectivity index (χ0n) is 68.2. The van der Waals surface area contributed by atoms with Crippen LogP contribution in [0, 0.1) is 0 Å². The highest BCUT2D eigenvalue weighted by molar-refractivity contribution is 5.93. The van der Waals surface area contributed by atoms with Crippen LogP contribution in [-0.4, -0.2) is 237 Å². The second-order valence-electron chi connectivity index (χ2n) is 28.2. The molecule has 0 fully saturated rings. The maximum absolute atomic E-state index is 12.5. The van der Waals surface area contributed by atoms with Crippen molar-refractivity contribution in [2.45, 2.75) is 142 Å². The van der Waals surface area contributed by atoms with Gasteiger partial charge in [0, 0.05) is 249 Å². The average Bonchev–Trinajstić information content (AvgIpc) is 0.771. The summed E-state index contributed by atoms with van der Waals surface area (Å²) in [4.78, 5) is 80.2. The summed E-state index contributed by atoms with van der Waals surface area (Å²) in [6.07, 6.45) is 13.0. The Balaban J connectivity index is 0.000000398. The minimum absolute atomic E-state index is 0.0459. The number of fused-ring (bicyclic) bond motifs is 4. The topological polar surface area (TPSA) is 269 Å². The number of amides is 6. The number of benzene rings is 4. The fourth-order valence-electron chi connectivity index (χ4n) is 12.0. The molecule has 6 N–H and O–H groups in total. The highest BCUT2D eigenvalue weighted by Crippen LogP contribution is 2.28. The Morgan fingerprint density at radius 1 is 0.282 bits per heavy atom. The monoisotopic (exact) mass is 1540 g/mol. The van der Waals surface area contributed by atoms with Gasteiger partial charge in [0.2, 0.25) is 57.5 Å². The van der Waals surface area contributed by atoms with E-state index < -0.39 is 0 Å². The summed E-state index contributed by atoms with van der Waals surface area (Å²) in [5.41, 5.74) is 9.61. The molecule has 4 aromatic carbocycles. The van der Waals surface area contributed by atoms with Crippen LogP contribution >= 0.6 is 0 Å². The lowest BCUT2D eigenvalue weighted by Crippen LogP contribution is -2.36. The van der Waals surface area contributed by atoms with Gasteiger partial charge in [-0.25, -0.2) is 0 Å². The van der Waals surface area contributed by atoms with Gasteiger partial charge in [0.25, 0.3) is 0 Å². The van der Waals surface area contributed by atoms with Crippen LogP contribution in [0.5, 0.6) is 0 Å². The summed E-state index contributed by atoms with van der Waals surface area (Å²) >= 11 is 0. The van der Waals surface area contributed by atoms with Crippen LogP contribution in [0.2, 0.25) is 0 Å². The zero-order valence-corrected chi connectivity index (χ0v) is 68.2. The first kappa shape index (κ1) is 92.5. The summed E-state index contributed by atoms with van der Waals surface area (Å²) in [6, 6.07) is 31.1. The molecule has 26 nitrogen and oxygen atoms in total. The molecule has 0 aliphatic carbocycles. The minimum atomic E-state index is -0.0790. The normalized spacial score (nSPS) is 11.2. The van der Waals surface area contributed by atoms with E-state index in [-0.39, 0.29) is 35.4 Å². The van der Waals surface area contributed by atoms with Crippen molar-refractivity contribution in [2.75, 3.05) is 221 Å². The smallest absolute Gasteiger partial charge is 0.220 e. The van der Waals surface area contributed by atoms with Crippen molar-refractivity contribution in [1.29, 1.82) is 0 Å². The number of hydrogen-bond acceptors (Lipinski definition) is 18. The second kappa shape index (κ2) is 56.2. The third kappa shape index (κ3) is 38.2. The molecule has 26 heteroatoms. The Labute approximate surface area is 654 Å². The number of nitrogens with one attached hydrogen (secondary N) is 6. The molecular formula is C84H134N12O14+2. The molecule has 0 atom stereocenters. The quantitative estimate of drug-likeness (QED) is 0.0118. The Kier molecular flexibility index (Phi) is 47.3. The second-order valence-corrected chi connectivity index (χ2v) is 28.2. The maximum Gasteiger partial charge on any atom is 0.220 e. The zero-order chi connectivity index (χ0) is 79.4. The number of aromatic nitrogens is 2. The van der Waals surface area contributed by atoms with Crippen molar-refractivity contribution in [2.24, 2.45) is 0 Å². The van der Waals surface area contributed by atoms with E-state index in [1.165, 1.54) is 66.4 Å². The van der Waals surface area contributed by atoms with E-state index in [9.17, 15) is 28.8 Å².